The van der Waals surface area contributed by atoms with Gasteiger partial charge in [-0.3, -0.25) is 0 Å². The second kappa shape index (κ2) is 8.56. The van der Waals surface area contributed by atoms with Gasteiger partial charge in [-0.1, -0.05) is 24.9 Å². The summed E-state index contributed by atoms with van der Waals surface area (Å²) >= 11 is 6.12. The smallest absolute Gasteiger partial charge is 0.151 e. The van der Waals surface area contributed by atoms with E-state index in [2.05, 4.69) is 48.0 Å². The Morgan fingerprint density at radius 1 is 1.42 bits per heavy atom. The fourth-order valence-electron chi connectivity index (χ4n) is 1.75. The van der Waals surface area contributed by atoms with Crippen molar-refractivity contribution in [3.63, 3.8) is 0 Å². The minimum Gasteiger partial charge on any atom is -0.344 e. The fourth-order valence-corrected chi connectivity index (χ4v) is 1.96. The van der Waals surface area contributed by atoms with Gasteiger partial charge in [0.1, 0.15) is 5.82 Å². The highest BCUT2D eigenvalue weighted by Crippen LogP contribution is 2.13. The van der Waals surface area contributed by atoms with E-state index in [-0.39, 0.29) is 0 Å². The molecule has 0 bridgehead atoms. The standard InChI is InChI=1S/C14H27ClN4/c1-5-6-7-13-17-12(14(15)18-13)10-16-8-9-19(4)11(2)3/h11,16H,5-10H2,1-4H3,(H,17,18). The number of hydrogen-bond acceptors (Lipinski definition) is 3. The zero-order valence-corrected chi connectivity index (χ0v) is 13.3. The molecule has 0 aromatic carbocycles. The van der Waals surface area contributed by atoms with Crippen LogP contribution in [0.2, 0.25) is 5.15 Å². The van der Waals surface area contributed by atoms with Crippen LogP contribution in [0.4, 0.5) is 0 Å². The molecule has 0 aliphatic heterocycles. The first-order valence-corrected chi connectivity index (χ1v) is 7.56. The summed E-state index contributed by atoms with van der Waals surface area (Å²) < 4.78 is 0. The molecule has 2 N–H and O–H groups in total. The third-order valence-electron chi connectivity index (χ3n) is 3.37. The zero-order chi connectivity index (χ0) is 14.3. The number of likely N-dealkylation sites (N-methyl/N-ethyl adjacent to an activating group) is 1. The number of aryl methyl sites for hydroxylation is 1. The number of aromatic amines is 1. The molecule has 0 spiro atoms. The van der Waals surface area contributed by atoms with Crippen molar-refractivity contribution in [2.75, 3.05) is 20.1 Å². The highest BCUT2D eigenvalue weighted by molar-refractivity contribution is 6.30. The van der Waals surface area contributed by atoms with Gasteiger partial charge in [-0.15, -0.1) is 0 Å². The number of rotatable bonds is 9. The molecule has 19 heavy (non-hydrogen) atoms. The lowest BCUT2D eigenvalue weighted by molar-refractivity contribution is 0.273. The van der Waals surface area contributed by atoms with Crippen molar-refractivity contribution in [3.05, 3.63) is 16.7 Å². The van der Waals surface area contributed by atoms with E-state index in [0.717, 1.165) is 44.0 Å². The van der Waals surface area contributed by atoms with Gasteiger partial charge in [-0.05, 0) is 27.3 Å². The van der Waals surface area contributed by atoms with E-state index in [1.165, 1.54) is 6.42 Å². The molecule has 5 heteroatoms. The van der Waals surface area contributed by atoms with Crippen molar-refractivity contribution in [2.24, 2.45) is 0 Å². The first-order chi connectivity index (χ1) is 9.04. The van der Waals surface area contributed by atoms with Gasteiger partial charge < -0.3 is 15.2 Å². The first kappa shape index (κ1) is 16.5. The average Bonchev–Trinajstić information content (AvgIpc) is 2.72. The minimum absolute atomic E-state index is 0.582. The summed E-state index contributed by atoms with van der Waals surface area (Å²) in [5.74, 6) is 1.00. The van der Waals surface area contributed by atoms with Crippen LogP contribution in [0.25, 0.3) is 0 Å². The molecule has 0 amide bonds. The van der Waals surface area contributed by atoms with E-state index >= 15 is 0 Å². The Morgan fingerprint density at radius 2 is 2.16 bits per heavy atom. The third kappa shape index (κ3) is 5.93. The zero-order valence-electron chi connectivity index (χ0n) is 12.6. The van der Waals surface area contributed by atoms with Gasteiger partial charge in [0.25, 0.3) is 0 Å². The van der Waals surface area contributed by atoms with Crippen LogP contribution in [-0.4, -0.2) is 41.0 Å². The van der Waals surface area contributed by atoms with Crippen LogP contribution in [0.3, 0.4) is 0 Å². The topological polar surface area (TPSA) is 44.0 Å². The van der Waals surface area contributed by atoms with Crippen LogP contribution in [0.15, 0.2) is 0 Å². The van der Waals surface area contributed by atoms with Gasteiger partial charge in [0.2, 0.25) is 0 Å². The van der Waals surface area contributed by atoms with E-state index in [9.17, 15) is 0 Å². The predicted octanol–water partition coefficient (Wildman–Crippen LogP) is 2.84. The molecule has 0 unspecified atom stereocenters. The minimum atomic E-state index is 0.582. The summed E-state index contributed by atoms with van der Waals surface area (Å²) in [6.45, 7) is 9.32. The van der Waals surface area contributed by atoms with Gasteiger partial charge in [0.05, 0.1) is 5.69 Å². The van der Waals surface area contributed by atoms with Gasteiger partial charge in [0, 0.05) is 32.1 Å². The molecular weight excluding hydrogens is 260 g/mol. The average molecular weight is 287 g/mol. The van der Waals surface area contributed by atoms with Crippen LogP contribution < -0.4 is 5.32 Å². The summed E-state index contributed by atoms with van der Waals surface area (Å²) in [5.41, 5.74) is 1.000. The summed E-state index contributed by atoms with van der Waals surface area (Å²) in [6, 6.07) is 0.582. The normalized spacial score (nSPS) is 11.7. The van der Waals surface area contributed by atoms with Crippen LogP contribution in [-0.2, 0) is 13.0 Å². The van der Waals surface area contributed by atoms with E-state index in [4.69, 9.17) is 11.6 Å². The van der Waals surface area contributed by atoms with Gasteiger partial charge in [0.15, 0.2) is 5.15 Å². The van der Waals surface area contributed by atoms with Crippen molar-refractivity contribution in [1.82, 2.24) is 20.2 Å². The predicted molar refractivity (Wildman–Crippen MR) is 81.7 cm³/mol. The number of aromatic nitrogens is 2. The number of imidazole rings is 1. The Labute approximate surface area is 121 Å². The van der Waals surface area contributed by atoms with E-state index < -0.39 is 0 Å². The van der Waals surface area contributed by atoms with Gasteiger partial charge >= 0.3 is 0 Å². The molecule has 0 fully saturated rings. The van der Waals surface area contributed by atoms with Crippen LogP contribution >= 0.6 is 11.6 Å². The molecule has 1 aromatic heterocycles. The molecular formula is C14H27ClN4. The van der Waals surface area contributed by atoms with E-state index in [0.29, 0.717) is 11.2 Å². The Balaban J connectivity index is 2.31. The third-order valence-corrected chi connectivity index (χ3v) is 3.68. The fraction of sp³-hybridized carbons (Fsp3) is 0.786. The SMILES string of the molecule is CCCCc1nc(Cl)c(CNCCN(C)C(C)C)[nH]1. The Kier molecular flexibility index (Phi) is 7.42. The lowest BCUT2D eigenvalue weighted by Crippen LogP contribution is -2.33. The van der Waals surface area contributed by atoms with Crippen LogP contribution in [0.5, 0.6) is 0 Å². The van der Waals surface area contributed by atoms with Crippen LogP contribution in [0.1, 0.15) is 45.1 Å². The number of halogens is 1. The maximum Gasteiger partial charge on any atom is 0.151 e. The summed E-state index contributed by atoms with van der Waals surface area (Å²) in [5, 5.41) is 4.01. The Morgan fingerprint density at radius 3 is 2.79 bits per heavy atom. The van der Waals surface area contributed by atoms with Crippen molar-refractivity contribution >= 4 is 11.6 Å². The Bertz CT molecular complexity index is 362. The number of nitrogens with zero attached hydrogens (tertiary/aromatic N) is 2. The number of unbranched alkanes of at least 4 members (excludes halogenated alkanes) is 1. The van der Waals surface area contributed by atoms with Crippen molar-refractivity contribution in [1.29, 1.82) is 0 Å². The summed E-state index contributed by atoms with van der Waals surface area (Å²) in [6.07, 6.45) is 3.30. The van der Waals surface area contributed by atoms with Crippen molar-refractivity contribution in [3.8, 4) is 0 Å². The molecule has 110 valence electrons. The van der Waals surface area contributed by atoms with E-state index in [1.807, 2.05) is 0 Å². The molecule has 1 aromatic rings. The Hall–Kier alpha value is -0.580. The monoisotopic (exact) mass is 286 g/mol. The molecule has 0 atom stereocenters. The van der Waals surface area contributed by atoms with Crippen LogP contribution in [0, 0.1) is 0 Å². The number of nitrogens with one attached hydrogen (secondary N) is 2. The molecule has 0 saturated carbocycles. The summed E-state index contributed by atoms with van der Waals surface area (Å²) in [7, 11) is 2.14. The molecule has 0 aliphatic rings. The molecule has 1 rings (SSSR count). The largest absolute Gasteiger partial charge is 0.344 e. The maximum atomic E-state index is 6.12. The number of hydrogen-bond donors (Lipinski definition) is 2. The summed E-state index contributed by atoms with van der Waals surface area (Å²) in [4.78, 5) is 9.97. The molecule has 0 saturated heterocycles. The van der Waals surface area contributed by atoms with E-state index in [1.54, 1.807) is 0 Å². The molecule has 1 heterocycles. The highest BCUT2D eigenvalue weighted by Gasteiger charge is 2.08. The second-order valence-electron chi connectivity index (χ2n) is 5.31. The lowest BCUT2D eigenvalue weighted by Gasteiger charge is -2.20. The number of H-pyrrole nitrogens is 1. The molecule has 0 aliphatic carbocycles. The van der Waals surface area contributed by atoms with Gasteiger partial charge in [-0.2, -0.15) is 0 Å². The van der Waals surface area contributed by atoms with Crippen molar-refractivity contribution in [2.45, 2.75) is 52.6 Å². The lowest BCUT2D eigenvalue weighted by atomic mass is 10.2. The highest BCUT2D eigenvalue weighted by atomic mass is 35.5. The molecule has 0 radical (unpaired) electrons. The van der Waals surface area contributed by atoms with Gasteiger partial charge in [-0.25, -0.2) is 4.98 Å². The maximum absolute atomic E-state index is 6.12. The molecule has 4 nitrogen and oxygen atoms in total. The second-order valence-corrected chi connectivity index (χ2v) is 5.67. The first-order valence-electron chi connectivity index (χ1n) is 7.18. The quantitative estimate of drug-likeness (QED) is 0.686. The van der Waals surface area contributed by atoms with Crippen molar-refractivity contribution < 1.29 is 0 Å².